The Morgan fingerprint density at radius 3 is 2.46 bits per heavy atom. The number of aliphatic hydroxyl groups is 1. The van der Waals surface area contributed by atoms with Crippen LogP contribution in [-0.2, 0) is 32.0 Å². The number of ether oxygens (including phenoxy) is 1. The predicted molar refractivity (Wildman–Crippen MR) is 138 cm³/mol. The van der Waals surface area contributed by atoms with Crippen molar-refractivity contribution in [3.63, 3.8) is 0 Å². The van der Waals surface area contributed by atoms with Crippen LogP contribution < -0.4 is 10.6 Å². The molecule has 3 atom stereocenters. The summed E-state index contributed by atoms with van der Waals surface area (Å²) >= 11 is 0. The van der Waals surface area contributed by atoms with Crippen molar-refractivity contribution in [1.82, 2.24) is 10.6 Å². The molecule has 3 rings (SSSR count). The molecule has 198 valence electrons. The number of aliphatic hydroxyl groups excluding tert-OH is 1. The minimum Gasteiger partial charge on any atom is -0.463 e. The van der Waals surface area contributed by atoms with Crippen LogP contribution >= 0.6 is 0 Å². The molecule has 0 saturated carbocycles. The summed E-state index contributed by atoms with van der Waals surface area (Å²) < 4.78 is 19.0. The first kappa shape index (κ1) is 28.1. The highest BCUT2D eigenvalue weighted by Gasteiger charge is 2.26. The molecule has 1 aliphatic rings. The van der Waals surface area contributed by atoms with Gasteiger partial charge in [-0.2, -0.15) is 0 Å². The van der Waals surface area contributed by atoms with Gasteiger partial charge in [0.05, 0.1) is 24.5 Å². The van der Waals surface area contributed by atoms with Crippen molar-refractivity contribution in [1.29, 1.82) is 0 Å². The summed E-state index contributed by atoms with van der Waals surface area (Å²) in [7, 11) is 0. The lowest BCUT2D eigenvalue weighted by atomic mass is 9.94. The third-order valence-corrected chi connectivity index (χ3v) is 6.33. The Balaban J connectivity index is 1.77. The molecule has 1 aliphatic heterocycles. The number of cyclic esters (lactones) is 1. The Labute approximate surface area is 217 Å². The highest BCUT2D eigenvalue weighted by molar-refractivity contribution is 5.86. The maximum Gasteiger partial charge on any atom is 0.309 e. The van der Waals surface area contributed by atoms with Crippen LogP contribution in [0.2, 0.25) is 0 Å². The Bertz CT molecular complexity index is 1040. The lowest BCUT2D eigenvalue weighted by Crippen LogP contribution is -2.44. The van der Waals surface area contributed by atoms with Crippen molar-refractivity contribution in [2.24, 2.45) is 11.8 Å². The highest BCUT2D eigenvalue weighted by atomic mass is 19.1. The molecule has 2 amide bonds. The zero-order valence-electron chi connectivity index (χ0n) is 20.9. The van der Waals surface area contributed by atoms with E-state index >= 15 is 0 Å². The molecule has 3 N–H and O–H groups in total. The monoisotopic (exact) mass is 510 g/mol. The van der Waals surface area contributed by atoms with Gasteiger partial charge in [-0.1, -0.05) is 54.6 Å². The van der Waals surface area contributed by atoms with E-state index in [4.69, 9.17) is 9.84 Å². The number of amides is 2. The van der Waals surface area contributed by atoms with Gasteiger partial charge in [0.1, 0.15) is 12.4 Å². The van der Waals surface area contributed by atoms with Gasteiger partial charge in [-0.05, 0) is 55.4 Å². The lowest BCUT2D eigenvalue weighted by molar-refractivity contribution is -0.150. The Hall–Kier alpha value is -3.52. The lowest BCUT2D eigenvalue weighted by Gasteiger charge is -2.23. The SMILES string of the molecule is O=C(C[C@@H]1C/C=C\CC[C@H](Cc2ccc(F)cc2)C(=O)OC[C@@H](Cc2ccccc2)NC1=O)NCCO. The summed E-state index contributed by atoms with van der Waals surface area (Å²) in [5.74, 6) is -2.30. The van der Waals surface area contributed by atoms with Crippen LogP contribution in [0.4, 0.5) is 4.39 Å². The Morgan fingerprint density at radius 2 is 1.73 bits per heavy atom. The van der Waals surface area contributed by atoms with Gasteiger partial charge < -0.3 is 20.5 Å². The second kappa shape index (κ2) is 14.9. The van der Waals surface area contributed by atoms with E-state index in [0.29, 0.717) is 32.1 Å². The van der Waals surface area contributed by atoms with Crippen LogP contribution in [-0.4, -0.2) is 48.7 Å². The molecule has 0 saturated heterocycles. The number of halogens is 1. The zero-order valence-corrected chi connectivity index (χ0v) is 20.9. The Kier molecular flexibility index (Phi) is 11.3. The molecule has 0 bridgehead atoms. The smallest absolute Gasteiger partial charge is 0.309 e. The van der Waals surface area contributed by atoms with Gasteiger partial charge in [0.25, 0.3) is 0 Å². The van der Waals surface area contributed by atoms with Crippen molar-refractivity contribution in [2.45, 2.75) is 44.6 Å². The van der Waals surface area contributed by atoms with Crippen LogP contribution in [0.15, 0.2) is 66.7 Å². The standard InChI is InChI=1S/C29H35FN2O5/c30-25-13-11-22(12-14-25)17-24-10-6-2-5-9-23(19-27(34)31-15-16-33)28(35)32-26(20-37-29(24)36)18-21-7-3-1-4-8-21/h1-5,7-8,11-14,23-24,26,33H,6,9-10,15-20H2,(H,31,34)(H,32,35)/b5-2-/t23-,24+,26+/m0/s1. The summed E-state index contributed by atoms with van der Waals surface area (Å²) in [6.45, 7) is -0.0482. The van der Waals surface area contributed by atoms with Gasteiger partial charge in [0, 0.05) is 13.0 Å². The van der Waals surface area contributed by atoms with Gasteiger partial charge in [-0.25, -0.2) is 4.39 Å². The fourth-order valence-electron chi connectivity index (χ4n) is 4.33. The number of rotatable bonds is 8. The van der Waals surface area contributed by atoms with E-state index in [0.717, 1.165) is 11.1 Å². The van der Waals surface area contributed by atoms with Crippen LogP contribution in [0.5, 0.6) is 0 Å². The fourth-order valence-corrected chi connectivity index (χ4v) is 4.33. The van der Waals surface area contributed by atoms with Crippen LogP contribution in [0.3, 0.4) is 0 Å². The molecule has 0 fully saturated rings. The normalized spacial score (nSPS) is 21.9. The number of benzene rings is 2. The van der Waals surface area contributed by atoms with E-state index < -0.39 is 17.9 Å². The highest BCUT2D eigenvalue weighted by Crippen LogP contribution is 2.19. The van der Waals surface area contributed by atoms with Gasteiger partial charge in [-0.15, -0.1) is 0 Å². The Morgan fingerprint density at radius 1 is 1.00 bits per heavy atom. The van der Waals surface area contributed by atoms with E-state index in [1.807, 2.05) is 42.5 Å². The molecule has 0 unspecified atom stereocenters. The van der Waals surface area contributed by atoms with Crippen molar-refractivity contribution in [3.05, 3.63) is 83.7 Å². The van der Waals surface area contributed by atoms with Gasteiger partial charge in [0.2, 0.25) is 11.8 Å². The number of hydrogen-bond acceptors (Lipinski definition) is 5. The molecule has 7 nitrogen and oxygen atoms in total. The number of nitrogens with one attached hydrogen (secondary N) is 2. The molecule has 2 aromatic rings. The molecule has 1 heterocycles. The van der Waals surface area contributed by atoms with Crippen LogP contribution in [0.25, 0.3) is 0 Å². The van der Waals surface area contributed by atoms with E-state index in [1.54, 1.807) is 12.1 Å². The first-order valence-corrected chi connectivity index (χ1v) is 12.7. The number of allylic oxidation sites excluding steroid dienone is 2. The molecule has 0 radical (unpaired) electrons. The predicted octanol–water partition coefficient (Wildman–Crippen LogP) is 3.11. The summed E-state index contributed by atoms with van der Waals surface area (Å²) in [6.07, 6.45) is 6.16. The van der Waals surface area contributed by atoms with Crippen molar-refractivity contribution in [2.75, 3.05) is 19.8 Å². The third kappa shape index (κ3) is 9.80. The average Bonchev–Trinajstić information content (AvgIpc) is 2.90. The zero-order chi connectivity index (χ0) is 26.5. The molecule has 0 aliphatic carbocycles. The first-order valence-electron chi connectivity index (χ1n) is 12.7. The summed E-state index contributed by atoms with van der Waals surface area (Å²) in [5.41, 5.74) is 1.83. The topological polar surface area (TPSA) is 105 Å². The number of carbonyl (C=O) groups excluding carboxylic acids is 3. The summed E-state index contributed by atoms with van der Waals surface area (Å²) in [5, 5.41) is 14.6. The second-order valence-corrected chi connectivity index (χ2v) is 9.31. The van der Waals surface area contributed by atoms with Crippen LogP contribution in [0, 0.1) is 17.7 Å². The van der Waals surface area contributed by atoms with Crippen molar-refractivity contribution < 1.29 is 28.6 Å². The fraction of sp³-hybridized carbons (Fsp3) is 0.414. The number of esters is 1. The average molecular weight is 511 g/mol. The van der Waals surface area contributed by atoms with E-state index in [9.17, 15) is 18.8 Å². The van der Waals surface area contributed by atoms with Gasteiger partial charge in [0.15, 0.2) is 0 Å². The number of carbonyl (C=O) groups is 3. The molecule has 0 spiro atoms. The van der Waals surface area contributed by atoms with Gasteiger partial charge in [-0.3, -0.25) is 14.4 Å². The summed E-state index contributed by atoms with van der Waals surface area (Å²) in [4.78, 5) is 38.5. The van der Waals surface area contributed by atoms with E-state index in [2.05, 4.69) is 10.6 Å². The largest absolute Gasteiger partial charge is 0.463 e. The minimum atomic E-state index is -0.598. The molecule has 8 heteroatoms. The molecule has 37 heavy (non-hydrogen) atoms. The van der Waals surface area contributed by atoms with Crippen molar-refractivity contribution in [3.8, 4) is 0 Å². The second-order valence-electron chi connectivity index (χ2n) is 9.31. The van der Waals surface area contributed by atoms with E-state index in [1.165, 1.54) is 12.1 Å². The molecule has 0 aromatic heterocycles. The minimum absolute atomic E-state index is 0.00373. The summed E-state index contributed by atoms with van der Waals surface area (Å²) in [6, 6.07) is 15.2. The quantitative estimate of drug-likeness (QED) is 0.374. The third-order valence-electron chi connectivity index (χ3n) is 6.33. The van der Waals surface area contributed by atoms with Gasteiger partial charge >= 0.3 is 5.97 Å². The molecular formula is C29H35FN2O5. The molecular weight excluding hydrogens is 475 g/mol. The van der Waals surface area contributed by atoms with Crippen molar-refractivity contribution >= 4 is 17.8 Å². The van der Waals surface area contributed by atoms with Crippen LogP contribution in [0.1, 0.15) is 36.8 Å². The maximum atomic E-state index is 13.3. The first-order chi connectivity index (χ1) is 17.9. The number of hydrogen-bond donors (Lipinski definition) is 3. The van der Waals surface area contributed by atoms with E-state index in [-0.39, 0.29) is 49.8 Å². The molecule has 2 aromatic carbocycles. The maximum absolute atomic E-state index is 13.3.